The van der Waals surface area contributed by atoms with Gasteiger partial charge in [-0.1, -0.05) is 26.1 Å². The van der Waals surface area contributed by atoms with Crippen LogP contribution >= 0.6 is 12.2 Å². The number of alkyl carbamates (subject to hydrolysis) is 1. The Balaban J connectivity index is 4.78. The number of carbonyl (C=O) groups is 1. The van der Waals surface area contributed by atoms with Crippen LogP contribution in [0.15, 0.2) is 0 Å². The Morgan fingerprint density at radius 1 is 1.12 bits per heavy atom. The predicted molar refractivity (Wildman–Crippen MR) is 74.0 cm³/mol. The number of hydrogen-bond acceptors (Lipinski definition) is 3. The highest BCUT2D eigenvalue weighted by Crippen LogP contribution is 2.31. The zero-order chi connectivity index (χ0) is 14.1. The maximum Gasteiger partial charge on any atom is 0.408 e. The molecule has 0 bridgehead atoms. The van der Waals surface area contributed by atoms with Gasteiger partial charge in [-0.25, -0.2) is 4.79 Å². The van der Waals surface area contributed by atoms with Crippen molar-refractivity contribution in [1.82, 2.24) is 5.32 Å². The number of rotatable bonds is 3. The minimum Gasteiger partial charge on any atom is -0.444 e. The minimum absolute atomic E-state index is 0.360. The van der Waals surface area contributed by atoms with E-state index < -0.39 is 22.6 Å². The fraction of sp³-hybridized carbons (Fsp3) is 0.833. The lowest BCUT2D eigenvalue weighted by Gasteiger charge is -2.41. The summed E-state index contributed by atoms with van der Waals surface area (Å²) in [6.45, 7) is 13.0. The monoisotopic (exact) mass is 260 g/mol. The second-order valence-electron chi connectivity index (χ2n) is 6.24. The summed E-state index contributed by atoms with van der Waals surface area (Å²) in [7, 11) is 0. The number of amides is 1. The molecule has 0 aliphatic rings. The Morgan fingerprint density at radius 2 is 1.53 bits per heavy atom. The first-order chi connectivity index (χ1) is 7.29. The van der Waals surface area contributed by atoms with E-state index in [1.807, 2.05) is 48.5 Å². The molecule has 5 heteroatoms. The first-order valence-corrected chi connectivity index (χ1v) is 6.01. The van der Waals surface area contributed by atoms with E-state index in [-0.39, 0.29) is 0 Å². The molecule has 0 rings (SSSR count). The number of nitrogens with two attached hydrogens (primary N) is 1. The number of hydrogen-bond donors (Lipinski definition) is 2. The van der Waals surface area contributed by atoms with E-state index >= 15 is 0 Å². The number of carbonyl (C=O) groups excluding carboxylic acids is 1. The maximum atomic E-state index is 11.7. The van der Waals surface area contributed by atoms with Crippen LogP contribution in [0.4, 0.5) is 4.79 Å². The average Bonchev–Trinajstić information content (AvgIpc) is 1.97. The molecular weight excluding hydrogens is 236 g/mol. The topological polar surface area (TPSA) is 64.3 Å². The lowest BCUT2D eigenvalue weighted by atomic mass is 9.74. The average molecular weight is 260 g/mol. The van der Waals surface area contributed by atoms with Gasteiger partial charge >= 0.3 is 6.09 Å². The second-order valence-corrected chi connectivity index (χ2v) is 6.68. The third-order valence-corrected chi connectivity index (χ3v) is 3.50. The molecule has 0 radical (unpaired) electrons. The van der Waals surface area contributed by atoms with Gasteiger partial charge < -0.3 is 15.8 Å². The van der Waals surface area contributed by atoms with Crippen molar-refractivity contribution in [1.29, 1.82) is 0 Å². The van der Waals surface area contributed by atoms with Gasteiger partial charge in [0.25, 0.3) is 0 Å². The van der Waals surface area contributed by atoms with Crippen LogP contribution in [0.1, 0.15) is 48.5 Å². The largest absolute Gasteiger partial charge is 0.444 e. The highest BCUT2D eigenvalue weighted by Gasteiger charge is 2.41. The van der Waals surface area contributed by atoms with Crippen molar-refractivity contribution in [2.45, 2.75) is 59.6 Å². The molecule has 0 aromatic heterocycles. The van der Waals surface area contributed by atoms with Crippen LogP contribution in [-0.2, 0) is 4.74 Å². The summed E-state index contributed by atoms with van der Waals surface area (Å²) in [4.78, 5) is 12.1. The van der Waals surface area contributed by atoms with E-state index in [1.165, 1.54) is 0 Å². The van der Waals surface area contributed by atoms with Crippen molar-refractivity contribution in [2.75, 3.05) is 0 Å². The van der Waals surface area contributed by atoms with Crippen molar-refractivity contribution in [3.05, 3.63) is 0 Å². The third kappa shape index (κ3) is 4.50. The molecule has 3 N–H and O–H groups in total. The fourth-order valence-corrected chi connectivity index (χ4v) is 1.28. The molecule has 0 spiro atoms. The maximum absolute atomic E-state index is 11.7. The van der Waals surface area contributed by atoms with Gasteiger partial charge in [-0.2, -0.15) is 0 Å². The number of thiocarbonyl (C=S) groups is 1. The summed E-state index contributed by atoms with van der Waals surface area (Å²) in [5, 5.41) is 2.81. The van der Waals surface area contributed by atoms with Gasteiger partial charge in [0.15, 0.2) is 0 Å². The Morgan fingerprint density at radius 3 is 1.82 bits per heavy atom. The Bertz CT molecular complexity index is 317. The van der Waals surface area contributed by atoms with Gasteiger partial charge in [0, 0.05) is 11.0 Å². The summed E-state index contributed by atoms with van der Waals surface area (Å²) < 4.78 is 5.21. The third-order valence-electron chi connectivity index (χ3n) is 2.99. The van der Waals surface area contributed by atoms with Gasteiger partial charge in [-0.3, -0.25) is 0 Å². The van der Waals surface area contributed by atoms with Gasteiger partial charge in [-0.05, 0) is 34.6 Å². The molecule has 0 heterocycles. The lowest BCUT2D eigenvalue weighted by molar-refractivity contribution is 0.0423. The van der Waals surface area contributed by atoms with Crippen molar-refractivity contribution < 1.29 is 9.53 Å². The van der Waals surface area contributed by atoms with Gasteiger partial charge in [-0.15, -0.1) is 0 Å². The number of ether oxygens (including phenoxy) is 1. The van der Waals surface area contributed by atoms with Gasteiger partial charge in [0.1, 0.15) is 5.60 Å². The van der Waals surface area contributed by atoms with Crippen molar-refractivity contribution in [2.24, 2.45) is 11.1 Å². The molecular formula is C12H24N2O2S. The molecule has 17 heavy (non-hydrogen) atoms. The highest BCUT2D eigenvalue weighted by atomic mass is 32.1. The predicted octanol–water partition coefficient (Wildman–Crippen LogP) is 2.60. The molecule has 1 amide bonds. The van der Waals surface area contributed by atoms with Crippen molar-refractivity contribution in [3.8, 4) is 0 Å². The van der Waals surface area contributed by atoms with E-state index in [0.29, 0.717) is 4.99 Å². The molecule has 0 aromatic carbocycles. The van der Waals surface area contributed by atoms with Crippen molar-refractivity contribution >= 4 is 23.3 Å². The van der Waals surface area contributed by atoms with Gasteiger partial charge in [0.05, 0.1) is 4.99 Å². The summed E-state index contributed by atoms with van der Waals surface area (Å²) in [6.07, 6.45) is -0.466. The lowest BCUT2D eigenvalue weighted by Crippen LogP contribution is -2.58. The number of nitrogens with one attached hydrogen (secondary N) is 1. The van der Waals surface area contributed by atoms with Crippen LogP contribution in [0.3, 0.4) is 0 Å². The summed E-state index contributed by atoms with van der Waals surface area (Å²) in [5.41, 5.74) is 4.10. The highest BCUT2D eigenvalue weighted by molar-refractivity contribution is 7.80. The van der Waals surface area contributed by atoms with Crippen LogP contribution in [-0.4, -0.2) is 22.2 Å². The molecule has 0 aromatic rings. The molecule has 0 saturated carbocycles. The molecule has 0 unspecified atom stereocenters. The zero-order valence-electron chi connectivity index (χ0n) is 11.8. The molecule has 0 aliphatic carbocycles. The van der Waals surface area contributed by atoms with E-state index in [0.717, 1.165) is 0 Å². The van der Waals surface area contributed by atoms with E-state index in [2.05, 4.69) is 5.32 Å². The quantitative estimate of drug-likeness (QED) is 0.766. The van der Waals surface area contributed by atoms with Gasteiger partial charge in [0.2, 0.25) is 0 Å². The molecule has 0 saturated heterocycles. The molecule has 4 nitrogen and oxygen atoms in total. The minimum atomic E-state index is -0.582. The molecule has 0 fully saturated rings. The van der Waals surface area contributed by atoms with E-state index in [9.17, 15) is 4.79 Å². The van der Waals surface area contributed by atoms with E-state index in [1.54, 1.807) is 0 Å². The normalized spacial score (nSPS) is 13.1. The Hall–Kier alpha value is -0.840. The molecule has 100 valence electrons. The fourth-order valence-electron chi connectivity index (χ4n) is 1.02. The SMILES string of the molecule is CC(C)(C)OC(=O)NC(C)(C)C(C)(C)C(N)=S. The molecule has 0 aliphatic heterocycles. The van der Waals surface area contributed by atoms with Crippen LogP contribution in [0, 0.1) is 5.41 Å². The summed E-state index contributed by atoms with van der Waals surface area (Å²) >= 11 is 5.03. The molecule has 0 atom stereocenters. The van der Waals surface area contributed by atoms with Crippen LogP contribution in [0.25, 0.3) is 0 Å². The Labute approximate surface area is 109 Å². The van der Waals surface area contributed by atoms with Crippen molar-refractivity contribution in [3.63, 3.8) is 0 Å². The first-order valence-electron chi connectivity index (χ1n) is 5.61. The second kappa shape index (κ2) is 4.80. The Kier molecular flexibility index (Phi) is 4.56. The van der Waals surface area contributed by atoms with E-state index in [4.69, 9.17) is 22.7 Å². The van der Waals surface area contributed by atoms with Crippen LogP contribution in [0.5, 0.6) is 0 Å². The summed E-state index contributed by atoms with van der Waals surface area (Å²) in [6, 6.07) is 0. The smallest absolute Gasteiger partial charge is 0.408 e. The standard InChI is InChI=1S/C12H24N2O2S/c1-10(2,3)16-9(15)14-12(6,7)11(4,5)8(13)17/h1-7H3,(H2,13,17)(H,14,15). The van der Waals surface area contributed by atoms with Crippen LogP contribution in [0.2, 0.25) is 0 Å². The summed E-state index contributed by atoms with van der Waals surface area (Å²) in [5.74, 6) is 0. The van der Waals surface area contributed by atoms with Crippen LogP contribution < -0.4 is 11.1 Å². The first kappa shape index (κ1) is 16.2. The zero-order valence-corrected chi connectivity index (χ0v) is 12.6.